The smallest absolute Gasteiger partial charge is 0.309 e. The van der Waals surface area contributed by atoms with Crippen LogP contribution in [0, 0.1) is 11.3 Å². The molecule has 0 saturated carbocycles. The quantitative estimate of drug-likeness (QED) is 0.647. The first-order chi connectivity index (χ1) is 8.41. The largest absolute Gasteiger partial charge is 0.458 e. The van der Waals surface area contributed by atoms with Crippen molar-refractivity contribution < 1.29 is 9.53 Å². The highest BCUT2D eigenvalue weighted by atomic mass is 35.5. The Bertz CT molecular complexity index is 445. The van der Waals surface area contributed by atoms with Crippen molar-refractivity contribution in [3.05, 3.63) is 34.9 Å². The molecule has 0 radical (unpaired) electrons. The van der Waals surface area contributed by atoms with Gasteiger partial charge in [-0.2, -0.15) is 0 Å². The molecule has 0 aliphatic rings. The number of hydrogen-bond donors (Lipinski definition) is 1. The van der Waals surface area contributed by atoms with Gasteiger partial charge in [-0.05, 0) is 26.3 Å². The molecule has 0 aliphatic heterocycles. The highest BCUT2D eigenvalue weighted by Gasteiger charge is 2.19. The molecule has 2 unspecified atom stereocenters. The molecular formula is C14H18ClNO2. The fraction of sp³-hybridized carbons (Fsp3) is 0.429. The molecule has 0 aliphatic carbocycles. The molecule has 0 fully saturated rings. The normalized spacial score (nSPS) is 13.8. The van der Waals surface area contributed by atoms with Gasteiger partial charge < -0.3 is 10.1 Å². The Morgan fingerprint density at radius 1 is 1.39 bits per heavy atom. The molecule has 4 heteroatoms. The van der Waals surface area contributed by atoms with E-state index in [1.807, 2.05) is 18.2 Å². The molecule has 2 atom stereocenters. The predicted octanol–water partition coefficient (Wildman–Crippen LogP) is 4.01. The van der Waals surface area contributed by atoms with Gasteiger partial charge in [0.1, 0.15) is 6.10 Å². The number of esters is 1. The number of halogens is 1. The van der Waals surface area contributed by atoms with Crippen molar-refractivity contribution in [2.75, 3.05) is 0 Å². The van der Waals surface area contributed by atoms with E-state index in [2.05, 4.69) is 0 Å². The van der Waals surface area contributed by atoms with Crippen molar-refractivity contribution in [1.82, 2.24) is 0 Å². The molecule has 3 nitrogen and oxygen atoms in total. The third-order valence-electron chi connectivity index (χ3n) is 2.65. The van der Waals surface area contributed by atoms with Crippen LogP contribution in [0.15, 0.2) is 24.3 Å². The number of benzene rings is 1. The van der Waals surface area contributed by atoms with Crippen LogP contribution in [0.3, 0.4) is 0 Å². The Morgan fingerprint density at radius 2 is 2.00 bits per heavy atom. The van der Waals surface area contributed by atoms with Crippen molar-refractivity contribution in [3.8, 4) is 0 Å². The van der Waals surface area contributed by atoms with Gasteiger partial charge in [-0.15, -0.1) is 0 Å². The van der Waals surface area contributed by atoms with E-state index in [1.165, 1.54) is 0 Å². The van der Waals surface area contributed by atoms with Gasteiger partial charge in [0.15, 0.2) is 0 Å². The highest BCUT2D eigenvalue weighted by molar-refractivity contribution is 6.31. The zero-order valence-corrected chi connectivity index (χ0v) is 11.6. The van der Waals surface area contributed by atoms with Crippen LogP contribution in [0.2, 0.25) is 5.02 Å². The molecule has 98 valence electrons. The van der Waals surface area contributed by atoms with Gasteiger partial charge >= 0.3 is 5.97 Å². The maximum absolute atomic E-state index is 11.8. The maximum Gasteiger partial charge on any atom is 0.309 e. The first kappa shape index (κ1) is 14.7. The van der Waals surface area contributed by atoms with Crippen LogP contribution >= 0.6 is 11.6 Å². The Balaban J connectivity index is 2.65. The molecule has 0 spiro atoms. The zero-order chi connectivity index (χ0) is 13.7. The van der Waals surface area contributed by atoms with Crippen LogP contribution in [0.5, 0.6) is 0 Å². The SMILES string of the molecule is CC(=N)CC(C)C(=O)OC(C)c1ccccc1Cl. The summed E-state index contributed by atoms with van der Waals surface area (Å²) in [5, 5.41) is 7.96. The van der Waals surface area contributed by atoms with Gasteiger partial charge in [-0.1, -0.05) is 36.7 Å². The summed E-state index contributed by atoms with van der Waals surface area (Å²) in [7, 11) is 0. The van der Waals surface area contributed by atoms with Crippen molar-refractivity contribution in [3.63, 3.8) is 0 Å². The molecule has 1 aromatic carbocycles. The van der Waals surface area contributed by atoms with Gasteiger partial charge in [0, 0.05) is 16.3 Å². The first-order valence-corrected chi connectivity index (χ1v) is 6.28. The summed E-state index contributed by atoms with van der Waals surface area (Å²) >= 11 is 6.04. The summed E-state index contributed by atoms with van der Waals surface area (Å²) in [5.74, 6) is -0.596. The molecular weight excluding hydrogens is 250 g/mol. The number of nitrogens with one attached hydrogen (secondary N) is 1. The topological polar surface area (TPSA) is 50.2 Å². The van der Waals surface area contributed by atoms with Crippen molar-refractivity contribution in [2.24, 2.45) is 5.92 Å². The van der Waals surface area contributed by atoms with Gasteiger partial charge in [0.2, 0.25) is 0 Å². The predicted molar refractivity (Wildman–Crippen MR) is 73.1 cm³/mol. The lowest BCUT2D eigenvalue weighted by Crippen LogP contribution is -2.19. The number of ether oxygens (including phenoxy) is 1. The van der Waals surface area contributed by atoms with E-state index < -0.39 is 0 Å². The molecule has 0 aromatic heterocycles. The average Bonchev–Trinajstić information content (AvgIpc) is 2.28. The lowest BCUT2D eigenvalue weighted by molar-refractivity contribution is -0.152. The summed E-state index contributed by atoms with van der Waals surface area (Å²) in [6.45, 7) is 5.24. The summed E-state index contributed by atoms with van der Waals surface area (Å²) in [6.07, 6.45) is 0.0494. The molecule has 0 bridgehead atoms. The molecule has 1 rings (SSSR count). The van der Waals surface area contributed by atoms with Crippen molar-refractivity contribution in [1.29, 1.82) is 5.41 Å². The minimum Gasteiger partial charge on any atom is -0.458 e. The van der Waals surface area contributed by atoms with Gasteiger partial charge in [-0.25, -0.2) is 0 Å². The molecule has 1 N–H and O–H groups in total. The molecule has 1 aromatic rings. The minimum absolute atomic E-state index is 0.297. The van der Waals surface area contributed by atoms with E-state index in [4.69, 9.17) is 21.7 Å². The van der Waals surface area contributed by atoms with Crippen LogP contribution in [0.4, 0.5) is 0 Å². The third kappa shape index (κ3) is 4.15. The van der Waals surface area contributed by atoms with Crippen LogP contribution in [0.25, 0.3) is 0 Å². The first-order valence-electron chi connectivity index (χ1n) is 5.90. The lowest BCUT2D eigenvalue weighted by atomic mass is 10.1. The second-order valence-electron chi connectivity index (χ2n) is 4.49. The molecule has 0 saturated heterocycles. The molecule has 0 heterocycles. The van der Waals surface area contributed by atoms with E-state index in [1.54, 1.807) is 26.8 Å². The summed E-state index contributed by atoms with van der Waals surface area (Å²) in [6, 6.07) is 7.30. The van der Waals surface area contributed by atoms with E-state index >= 15 is 0 Å². The van der Waals surface area contributed by atoms with Crippen LogP contribution in [-0.2, 0) is 9.53 Å². The van der Waals surface area contributed by atoms with E-state index in [0.29, 0.717) is 17.2 Å². The Morgan fingerprint density at radius 3 is 2.56 bits per heavy atom. The number of rotatable bonds is 5. The molecule has 18 heavy (non-hydrogen) atoms. The summed E-state index contributed by atoms with van der Waals surface area (Å²) in [5.41, 5.74) is 1.27. The summed E-state index contributed by atoms with van der Waals surface area (Å²) < 4.78 is 5.36. The van der Waals surface area contributed by atoms with Crippen molar-refractivity contribution >= 4 is 23.3 Å². The molecule has 0 amide bonds. The van der Waals surface area contributed by atoms with Gasteiger partial charge in [-0.3, -0.25) is 4.79 Å². The van der Waals surface area contributed by atoms with Gasteiger partial charge in [0.25, 0.3) is 0 Å². The average molecular weight is 268 g/mol. The van der Waals surface area contributed by atoms with E-state index in [-0.39, 0.29) is 18.0 Å². The van der Waals surface area contributed by atoms with Gasteiger partial charge in [0.05, 0.1) is 5.92 Å². The number of carbonyl (C=O) groups is 1. The highest BCUT2D eigenvalue weighted by Crippen LogP contribution is 2.26. The van der Waals surface area contributed by atoms with Crippen molar-refractivity contribution in [2.45, 2.75) is 33.3 Å². The number of hydrogen-bond acceptors (Lipinski definition) is 3. The number of carbonyl (C=O) groups excluding carboxylic acids is 1. The van der Waals surface area contributed by atoms with E-state index in [9.17, 15) is 4.79 Å². The van der Waals surface area contributed by atoms with Crippen LogP contribution < -0.4 is 0 Å². The maximum atomic E-state index is 11.8. The second kappa shape index (κ2) is 6.55. The fourth-order valence-electron chi connectivity index (χ4n) is 1.70. The monoisotopic (exact) mass is 267 g/mol. The van der Waals surface area contributed by atoms with E-state index in [0.717, 1.165) is 5.56 Å². The lowest BCUT2D eigenvalue weighted by Gasteiger charge is -2.17. The Kier molecular flexibility index (Phi) is 5.35. The summed E-state index contributed by atoms with van der Waals surface area (Å²) in [4.78, 5) is 11.8. The zero-order valence-electron chi connectivity index (χ0n) is 10.9. The Hall–Kier alpha value is -1.35. The minimum atomic E-state index is -0.375. The Labute approximate surface area is 113 Å². The fourth-order valence-corrected chi connectivity index (χ4v) is 1.99. The van der Waals surface area contributed by atoms with Crippen LogP contribution in [0.1, 0.15) is 38.9 Å². The standard InChI is InChI=1S/C14H18ClNO2/c1-9(8-10(2)16)14(17)18-11(3)12-6-4-5-7-13(12)15/h4-7,9,11,16H,8H2,1-3H3. The van der Waals surface area contributed by atoms with Crippen LogP contribution in [-0.4, -0.2) is 11.7 Å². The third-order valence-corrected chi connectivity index (χ3v) is 3.00. The second-order valence-corrected chi connectivity index (χ2v) is 4.89.